The molecule has 1 saturated heterocycles. The third-order valence-electron chi connectivity index (χ3n) is 6.02. The van der Waals surface area contributed by atoms with Crippen molar-refractivity contribution < 1.29 is 18.7 Å². The Morgan fingerprint density at radius 1 is 1.22 bits per heavy atom. The van der Waals surface area contributed by atoms with Crippen LogP contribution in [0.5, 0.6) is 0 Å². The van der Waals surface area contributed by atoms with Crippen molar-refractivity contribution in [3.8, 4) is 0 Å². The molecule has 1 aromatic carbocycles. The van der Waals surface area contributed by atoms with E-state index in [2.05, 4.69) is 0 Å². The van der Waals surface area contributed by atoms with Gasteiger partial charge < -0.3 is 9.64 Å². The molecule has 0 saturated carbocycles. The largest absolute Gasteiger partial charge is 0.369 e. The molecule has 32 heavy (non-hydrogen) atoms. The molecule has 8 heteroatoms. The van der Waals surface area contributed by atoms with Gasteiger partial charge in [-0.15, -0.1) is 0 Å². The van der Waals surface area contributed by atoms with Crippen LogP contribution in [-0.4, -0.2) is 45.9 Å². The van der Waals surface area contributed by atoms with Gasteiger partial charge in [0, 0.05) is 24.2 Å². The fraction of sp³-hybridized carbons (Fsp3) is 0.500. The molecule has 2 aliphatic heterocycles. The number of likely N-dealkylation sites (tertiary alicyclic amines) is 1. The van der Waals surface area contributed by atoms with Crippen LogP contribution in [-0.2, 0) is 27.3 Å². The number of aryl methyl sites for hydroxylation is 1. The van der Waals surface area contributed by atoms with E-state index in [4.69, 9.17) is 14.7 Å². The molecular formula is C24H29FN4O3. The van der Waals surface area contributed by atoms with Crippen LogP contribution in [0.1, 0.15) is 61.8 Å². The number of carbonyl (C=O) groups is 2. The fourth-order valence-electron chi connectivity index (χ4n) is 4.34. The number of fused-ring (bicyclic) bond motifs is 1. The Balaban J connectivity index is 1.64. The summed E-state index contributed by atoms with van der Waals surface area (Å²) in [4.78, 5) is 38.6. The lowest BCUT2D eigenvalue weighted by Gasteiger charge is -2.31. The van der Waals surface area contributed by atoms with Crippen molar-refractivity contribution in [1.82, 2.24) is 14.9 Å². The smallest absolute Gasteiger partial charge is 0.249 e. The van der Waals surface area contributed by atoms with Gasteiger partial charge in [0.15, 0.2) is 5.82 Å². The Kier molecular flexibility index (Phi) is 6.50. The molecule has 1 unspecified atom stereocenters. The van der Waals surface area contributed by atoms with Gasteiger partial charge in [-0.05, 0) is 57.7 Å². The number of anilines is 1. The number of carbonyl (C=O) groups excluding carboxylic acids is 2. The minimum Gasteiger partial charge on any atom is -0.369 e. The molecule has 0 N–H and O–H groups in total. The summed E-state index contributed by atoms with van der Waals surface area (Å²) in [5.74, 6) is 0.767. The molecule has 1 atom stereocenters. The highest BCUT2D eigenvalue weighted by Crippen LogP contribution is 2.35. The van der Waals surface area contributed by atoms with E-state index in [-0.39, 0.29) is 36.4 Å². The van der Waals surface area contributed by atoms with E-state index < -0.39 is 0 Å². The average molecular weight is 441 g/mol. The van der Waals surface area contributed by atoms with Crippen molar-refractivity contribution in [2.45, 2.75) is 65.1 Å². The molecule has 7 nitrogen and oxygen atoms in total. The maximum atomic E-state index is 13.3. The summed E-state index contributed by atoms with van der Waals surface area (Å²) in [5.41, 5.74) is 2.61. The number of hydrogen-bond acceptors (Lipinski definition) is 5. The van der Waals surface area contributed by atoms with E-state index in [1.807, 2.05) is 20.8 Å². The second kappa shape index (κ2) is 9.32. The standard InChI is InChI=1S/C24H29FN4O3/c1-15(2)32-14-22(31)28-12-4-5-20(28)23-26-16(3)19-10-11-21(30)29(24(19)27-23)13-17-6-8-18(25)9-7-17/h6-9,15,20H,4-5,10-14H2,1-3H3. The summed E-state index contributed by atoms with van der Waals surface area (Å²) in [6, 6.07) is 5.91. The van der Waals surface area contributed by atoms with Crippen molar-refractivity contribution in [2.24, 2.45) is 0 Å². The summed E-state index contributed by atoms with van der Waals surface area (Å²) in [6.07, 6.45) is 2.61. The zero-order chi connectivity index (χ0) is 22.8. The first-order valence-electron chi connectivity index (χ1n) is 11.2. The Morgan fingerprint density at radius 2 is 1.97 bits per heavy atom. The van der Waals surface area contributed by atoms with Crippen molar-refractivity contribution >= 4 is 17.6 Å². The van der Waals surface area contributed by atoms with Crippen LogP contribution in [0.3, 0.4) is 0 Å². The highest BCUT2D eigenvalue weighted by atomic mass is 19.1. The monoisotopic (exact) mass is 440 g/mol. The average Bonchev–Trinajstić information content (AvgIpc) is 3.25. The topological polar surface area (TPSA) is 75.6 Å². The Labute approximate surface area is 187 Å². The van der Waals surface area contributed by atoms with Gasteiger partial charge in [-0.3, -0.25) is 14.5 Å². The van der Waals surface area contributed by atoms with Crippen LogP contribution in [0.25, 0.3) is 0 Å². The van der Waals surface area contributed by atoms with E-state index in [1.165, 1.54) is 12.1 Å². The number of rotatable bonds is 6. The van der Waals surface area contributed by atoms with E-state index in [0.29, 0.717) is 37.6 Å². The minimum atomic E-state index is -0.313. The molecule has 1 aromatic heterocycles. The van der Waals surface area contributed by atoms with Crippen LogP contribution >= 0.6 is 0 Å². The molecule has 2 aromatic rings. The van der Waals surface area contributed by atoms with Gasteiger partial charge in [0.25, 0.3) is 0 Å². The van der Waals surface area contributed by atoms with Crippen LogP contribution in [0, 0.1) is 12.7 Å². The van der Waals surface area contributed by atoms with Gasteiger partial charge in [0.1, 0.15) is 18.2 Å². The molecule has 170 valence electrons. The third kappa shape index (κ3) is 4.65. The normalized spacial score (nSPS) is 18.4. The molecule has 0 spiro atoms. The maximum Gasteiger partial charge on any atom is 0.249 e. The van der Waals surface area contributed by atoms with E-state index in [0.717, 1.165) is 29.7 Å². The summed E-state index contributed by atoms with van der Waals surface area (Å²) < 4.78 is 18.8. The van der Waals surface area contributed by atoms with Crippen molar-refractivity contribution in [3.63, 3.8) is 0 Å². The Hall–Kier alpha value is -2.87. The van der Waals surface area contributed by atoms with Crippen molar-refractivity contribution in [1.29, 1.82) is 0 Å². The minimum absolute atomic E-state index is 0.0180. The van der Waals surface area contributed by atoms with Gasteiger partial charge >= 0.3 is 0 Å². The molecule has 4 rings (SSSR count). The summed E-state index contributed by atoms with van der Waals surface area (Å²) in [5, 5.41) is 0. The molecule has 0 bridgehead atoms. The van der Waals surface area contributed by atoms with E-state index in [9.17, 15) is 14.0 Å². The number of amides is 2. The number of nitrogens with zero attached hydrogens (tertiary/aromatic N) is 4. The molecule has 3 heterocycles. The Morgan fingerprint density at radius 3 is 2.69 bits per heavy atom. The van der Waals surface area contributed by atoms with Gasteiger partial charge in [0.05, 0.1) is 18.7 Å². The maximum absolute atomic E-state index is 13.3. The van der Waals surface area contributed by atoms with Crippen LogP contribution in [0.4, 0.5) is 10.2 Å². The SMILES string of the molecule is Cc1nc(C2CCCN2C(=O)COC(C)C)nc2c1CCC(=O)N2Cc1ccc(F)cc1. The molecule has 0 aliphatic carbocycles. The van der Waals surface area contributed by atoms with Gasteiger partial charge in [-0.2, -0.15) is 0 Å². The zero-order valence-corrected chi connectivity index (χ0v) is 18.8. The molecule has 1 fully saturated rings. The van der Waals surface area contributed by atoms with E-state index >= 15 is 0 Å². The molecule has 2 aliphatic rings. The van der Waals surface area contributed by atoms with Crippen LogP contribution < -0.4 is 4.90 Å². The first-order valence-corrected chi connectivity index (χ1v) is 11.2. The lowest BCUT2D eigenvalue weighted by Crippen LogP contribution is -2.38. The Bertz CT molecular complexity index is 1010. The highest BCUT2D eigenvalue weighted by Gasteiger charge is 2.35. The first-order chi connectivity index (χ1) is 15.3. The van der Waals surface area contributed by atoms with Crippen molar-refractivity contribution in [2.75, 3.05) is 18.1 Å². The number of aromatic nitrogens is 2. The second-order valence-electron chi connectivity index (χ2n) is 8.68. The molecular weight excluding hydrogens is 411 g/mol. The predicted octanol–water partition coefficient (Wildman–Crippen LogP) is 3.49. The number of benzene rings is 1. The van der Waals surface area contributed by atoms with Crippen molar-refractivity contribution in [3.05, 3.63) is 52.7 Å². The quantitative estimate of drug-likeness (QED) is 0.687. The predicted molar refractivity (Wildman–Crippen MR) is 117 cm³/mol. The summed E-state index contributed by atoms with van der Waals surface area (Å²) >= 11 is 0. The number of halogens is 1. The number of hydrogen-bond donors (Lipinski definition) is 0. The van der Waals surface area contributed by atoms with Gasteiger partial charge in [-0.25, -0.2) is 14.4 Å². The van der Waals surface area contributed by atoms with Crippen LogP contribution in [0.15, 0.2) is 24.3 Å². The highest BCUT2D eigenvalue weighted by molar-refractivity contribution is 5.95. The summed E-state index contributed by atoms with van der Waals surface area (Å²) in [6.45, 7) is 6.72. The second-order valence-corrected chi connectivity index (χ2v) is 8.68. The summed E-state index contributed by atoms with van der Waals surface area (Å²) in [7, 11) is 0. The zero-order valence-electron chi connectivity index (χ0n) is 18.8. The molecule has 0 radical (unpaired) electrons. The lowest BCUT2D eigenvalue weighted by molar-refractivity contribution is -0.138. The first kappa shape index (κ1) is 22.3. The molecule has 2 amide bonds. The van der Waals surface area contributed by atoms with Gasteiger partial charge in [-0.1, -0.05) is 12.1 Å². The third-order valence-corrected chi connectivity index (χ3v) is 6.02. The number of ether oxygens (including phenoxy) is 1. The lowest BCUT2D eigenvalue weighted by atomic mass is 10.0. The fourth-order valence-corrected chi connectivity index (χ4v) is 4.34. The van der Waals surface area contributed by atoms with Gasteiger partial charge in [0.2, 0.25) is 11.8 Å². The van der Waals surface area contributed by atoms with Crippen LogP contribution in [0.2, 0.25) is 0 Å². The van der Waals surface area contributed by atoms with E-state index in [1.54, 1.807) is 21.9 Å².